The van der Waals surface area contributed by atoms with Crippen LogP contribution in [0.3, 0.4) is 0 Å². The topological polar surface area (TPSA) is 20.3 Å². The van der Waals surface area contributed by atoms with Crippen molar-refractivity contribution in [2.75, 3.05) is 7.05 Å². The zero-order valence-electron chi connectivity index (χ0n) is 12.4. The van der Waals surface area contributed by atoms with E-state index in [1.54, 1.807) is 26.0 Å². The van der Waals surface area contributed by atoms with Crippen molar-refractivity contribution in [3.05, 3.63) is 34.6 Å². The summed E-state index contributed by atoms with van der Waals surface area (Å²) in [5.74, 6) is 0.138. The summed E-state index contributed by atoms with van der Waals surface area (Å²) in [5, 5.41) is 0. The molecule has 1 aromatic rings. The fraction of sp³-hybridized carbons (Fsp3) is 0.588. The first-order chi connectivity index (χ1) is 9.47. The van der Waals surface area contributed by atoms with Gasteiger partial charge in [-0.15, -0.1) is 0 Å². The van der Waals surface area contributed by atoms with Crippen LogP contribution in [0.25, 0.3) is 0 Å². The van der Waals surface area contributed by atoms with E-state index >= 15 is 0 Å². The van der Waals surface area contributed by atoms with Gasteiger partial charge in [0.05, 0.1) is 0 Å². The SMILES string of the molecule is Cc1cc(C(=O)C2CC3CCC(C2)N3C)cc(C)c1F. The second kappa shape index (κ2) is 4.96. The number of Topliss-reactive ketones (excluding diaryl/α,β-unsaturated/α-hetero) is 1. The standard InChI is InChI=1S/C17H22FNO/c1-10-6-12(7-11(2)16(10)18)17(20)13-8-14-4-5-15(9-13)19(14)3/h6-7,13-15H,4-5,8-9H2,1-3H3. The number of hydrogen-bond acceptors (Lipinski definition) is 2. The van der Waals surface area contributed by atoms with E-state index in [0.717, 1.165) is 12.8 Å². The third kappa shape index (κ3) is 2.18. The van der Waals surface area contributed by atoms with Crippen molar-refractivity contribution in [1.82, 2.24) is 4.90 Å². The Balaban J connectivity index is 1.83. The Hall–Kier alpha value is -1.22. The highest BCUT2D eigenvalue weighted by atomic mass is 19.1. The number of aryl methyl sites for hydroxylation is 2. The maximum absolute atomic E-state index is 13.7. The average Bonchev–Trinajstić information content (AvgIpc) is 2.66. The van der Waals surface area contributed by atoms with Crippen LogP contribution in [-0.2, 0) is 0 Å². The minimum absolute atomic E-state index is 0.118. The van der Waals surface area contributed by atoms with Crippen LogP contribution in [0.4, 0.5) is 4.39 Å². The van der Waals surface area contributed by atoms with Gasteiger partial charge < -0.3 is 4.90 Å². The molecule has 0 amide bonds. The van der Waals surface area contributed by atoms with Gasteiger partial charge in [0.15, 0.2) is 5.78 Å². The molecule has 2 unspecified atom stereocenters. The van der Waals surface area contributed by atoms with Crippen LogP contribution in [0.15, 0.2) is 12.1 Å². The fourth-order valence-electron chi connectivity index (χ4n) is 3.95. The van der Waals surface area contributed by atoms with E-state index in [1.165, 1.54) is 12.8 Å². The molecule has 3 rings (SSSR count). The van der Waals surface area contributed by atoms with Crippen molar-refractivity contribution >= 4 is 5.78 Å². The van der Waals surface area contributed by atoms with E-state index in [4.69, 9.17) is 0 Å². The molecule has 2 heterocycles. The van der Waals surface area contributed by atoms with Crippen LogP contribution in [0, 0.1) is 25.6 Å². The first-order valence-electron chi connectivity index (χ1n) is 7.50. The maximum atomic E-state index is 13.7. The van der Waals surface area contributed by atoms with Crippen LogP contribution in [0.2, 0.25) is 0 Å². The van der Waals surface area contributed by atoms with Crippen molar-refractivity contribution in [1.29, 1.82) is 0 Å². The lowest BCUT2D eigenvalue weighted by Crippen LogP contribution is -2.42. The van der Waals surface area contributed by atoms with Crippen molar-refractivity contribution in [2.24, 2.45) is 5.92 Å². The zero-order valence-corrected chi connectivity index (χ0v) is 12.4. The molecule has 2 atom stereocenters. The first-order valence-corrected chi connectivity index (χ1v) is 7.50. The molecule has 108 valence electrons. The van der Waals surface area contributed by atoms with Crippen molar-refractivity contribution in [3.8, 4) is 0 Å². The Kier molecular flexibility index (Phi) is 3.41. The third-order valence-corrected chi connectivity index (χ3v) is 5.19. The molecule has 0 radical (unpaired) electrons. The Bertz CT molecular complexity index is 517. The molecule has 2 saturated heterocycles. The van der Waals surface area contributed by atoms with E-state index in [1.807, 2.05) is 0 Å². The Morgan fingerprint density at radius 3 is 2.15 bits per heavy atom. The monoisotopic (exact) mass is 275 g/mol. The van der Waals surface area contributed by atoms with Gasteiger partial charge >= 0.3 is 0 Å². The summed E-state index contributed by atoms with van der Waals surface area (Å²) in [6.45, 7) is 3.47. The van der Waals surface area contributed by atoms with E-state index in [2.05, 4.69) is 11.9 Å². The van der Waals surface area contributed by atoms with E-state index < -0.39 is 0 Å². The third-order valence-electron chi connectivity index (χ3n) is 5.19. The van der Waals surface area contributed by atoms with Gasteiger partial charge in [-0.1, -0.05) is 0 Å². The molecule has 0 aromatic heterocycles. The minimum Gasteiger partial charge on any atom is -0.300 e. The molecular weight excluding hydrogens is 253 g/mol. The van der Waals surface area contributed by atoms with Gasteiger partial charge in [0, 0.05) is 23.6 Å². The number of benzene rings is 1. The van der Waals surface area contributed by atoms with Gasteiger partial charge in [0.1, 0.15) is 5.82 Å². The lowest BCUT2D eigenvalue weighted by molar-refractivity contribution is 0.0767. The number of carbonyl (C=O) groups excluding carboxylic acids is 1. The highest BCUT2D eigenvalue weighted by Crippen LogP contribution is 2.38. The highest BCUT2D eigenvalue weighted by Gasteiger charge is 2.41. The summed E-state index contributed by atoms with van der Waals surface area (Å²) in [5.41, 5.74) is 1.84. The van der Waals surface area contributed by atoms with Gasteiger partial charge in [-0.2, -0.15) is 0 Å². The Morgan fingerprint density at radius 2 is 1.65 bits per heavy atom. The minimum atomic E-state index is -0.190. The van der Waals surface area contributed by atoms with Crippen molar-refractivity contribution < 1.29 is 9.18 Å². The number of hydrogen-bond donors (Lipinski definition) is 0. The molecule has 2 fully saturated rings. The Morgan fingerprint density at radius 1 is 1.15 bits per heavy atom. The fourth-order valence-corrected chi connectivity index (χ4v) is 3.95. The molecule has 2 bridgehead atoms. The Labute approximate surface area is 120 Å². The summed E-state index contributed by atoms with van der Waals surface area (Å²) >= 11 is 0. The summed E-state index contributed by atoms with van der Waals surface area (Å²) in [6.07, 6.45) is 4.35. The largest absolute Gasteiger partial charge is 0.300 e. The summed E-state index contributed by atoms with van der Waals surface area (Å²) in [4.78, 5) is 15.1. The lowest BCUT2D eigenvalue weighted by Gasteiger charge is -2.35. The molecule has 0 spiro atoms. The predicted molar refractivity (Wildman–Crippen MR) is 77.5 cm³/mol. The smallest absolute Gasteiger partial charge is 0.166 e. The van der Waals surface area contributed by atoms with Gasteiger partial charge in [-0.3, -0.25) is 4.79 Å². The van der Waals surface area contributed by atoms with Crippen LogP contribution < -0.4 is 0 Å². The molecule has 0 saturated carbocycles. The average molecular weight is 275 g/mol. The molecule has 1 aromatic carbocycles. The summed E-state index contributed by atoms with van der Waals surface area (Å²) < 4.78 is 13.7. The molecule has 0 N–H and O–H groups in total. The highest BCUT2D eigenvalue weighted by molar-refractivity contribution is 5.98. The molecule has 2 aliphatic rings. The second-order valence-corrected chi connectivity index (χ2v) is 6.51. The molecule has 0 aliphatic carbocycles. The quantitative estimate of drug-likeness (QED) is 0.770. The number of rotatable bonds is 2. The van der Waals surface area contributed by atoms with Gasteiger partial charge in [-0.05, 0) is 69.8 Å². The van der Waals surface area contributed by atoms with E-state index in [9.17, 15) is 9.18 Å². The number of nitrogens with zero attached hydrogens (tertiary/aromatic N) is 1. The van der Waals surface area contributed by atoms with Crippen LogP contribution in [0.1, 0.15) is 47.2 Å². The number of carbonyl (C=O) groups is 1. The summed E-state index contributed by atoms with van der Waals surface area (Å²) in [6, 6.07) is 4.55. The van der Waals surface area contributed by atoms with Crippen LogP contribution in [0.5, 0.6) is 0 Å². The van der Waals surface area contributed by atoms with E-state index in [0.29, 0.717) is 28.8 Å². The normalized spacial score (nSPS) is 29.7. The van der Waals surface area contributed by atoms with Crippen molar-refractivity contribution in [3.63, 3.8) is 0 Å². The number of fused-ring (bicyclic) bond motifs is 2. The van der Waals surface area contributed by atoms with Gasteiger partial charge in [0.25, 0.3) is 0 Å². The first kappa shape index (κ1) is 13.7. The van der Waals surface area contributed by atoms with Gasteiger partial charge in [-0.25, -0.2) is 4.39 Å². The molecular formula is C17H22FNO. The maximum Gasteiger partial charge on any atom is 0.166 e. The van der Waals surface area contributed by atoms with Crippen LogP contribution in [-0.4, -0.2) is 29.8 Å². The predicted octanol–water partition coefficient (Wildman–Crippen LogP) is 3.50. The second-order valence-electron chi connectivity index (χ2n) is 6.51. The number of halogens is 1. The number of piperidine rings is 1. The van der Waals surface area contributed by atoms with Crippen molar-refractivity contribution in [2.45, 2.75) is 51.6 Å². The molecule has 2 aliphatic heterocycles. The van der Waals surface area contributed by atoms with Crippen LogP contribution >= 0.6 is 0 Å². The molecule has 2 nitrogen and oxygen atoms in total. The van der Waals surface area contributed by atoms with E-state index in [-0.39, 0.29) is 17.5 Å². The lowest BCUT2D eigenvalue weighted by atomic mass is 9.84. The zero-order chi connectivity index (χ0) is 14.4. The number of ketones is 1. The molecule has 3 heteroatoms. The van der Waals surface area contributed by atoms with Gasteiger partial charge in [0.2, 0.25) is 0 Å². The summed E-state index contributed by atoms with van der Waals surface area (Å²) in [7, 11) is 2.18. The molecule has 20 heavy (non-hydrogen) atoms.